The molecule has 1 heterocycles. The summed E-state index contributed by atoms with van der Waals surface area (Å²) in [6.45, 7) is 3.63. The fourth-order valence-corrected chi connectivity index (χ4v) is 7.14. The molecule has 0 radical (unpaired) electrons. The third kappa shape index (κ3) is 5.37. The first-order chi connectivity index (χ1) is 17.1. The highest BCUT2D eigenvalue weighted by Crippen LogP contribution is 2.60. The smallest absolute Gasteiger partial charge is 0.338 e. The maximum atomic E-state index is 12.9. The van der Waals surface area contributed by atoms with Gasteiger partial charge in [0.2, 0.25) is 11.8 Å². The largest absolute Gasteiger partial charge is 0.462 e. The van der Waals surface area contributed by atoms with Crippen LogP contribution in [0.3, 0.4) is 0 Å². The molecule has 36 heavy (non-hydrogen) atoms. The third-order valence-electron chi connectivity index (χ3n) is 6.93. The number of esters is 2. The van der Waals surface area contributed by atoms with Crippen molar-refractivity contribution in [2.75, 3.05) is 25.1 Å². The van der Waals surface area contributed by atoms with Crippen LogP contribution in [0.1, 0.15) is 37.0 Å². The van der Waals surface area contributed by atoms with Gasteiger partial charge in [0.15, 0.2) is 6.61 Å². The van der Waals surface area contributed by atoms with E-state index in [4.69, 9.17) is 9.47 Å². The number of benzene rings is 1. The van der Waals surface area contributed by atoms with E-state index in [1.165, 1.54) is 17.0 Å². The lowest BCUT2D eigenvalue weighted by molar-refractivity contribution is -0.149. The molecule has 2 bridgehead atoms. The Hall–Kier alpha value is -2.27. The molecule has 1 N–H and O–H groups in total. The van der Waals surface area contributed by atoms with E-state index in [1.807, 2.05) is 13.8 Å². The molecule has 1 aliphatic heterocycles. The maximum absolute atomic E-state index is 12.9. The number of imide groups is 1. The molecule has 0 spiro atoms. The lowest BCUT2D eigenvalue weighted by atomic mass is 9.81. The summed E-state index contributed by atoms with van der Waals surface area (Å²) in [7, 11) is 0. The van der Waals surface area contributed by atoms with E-state index in [-0.39, 0.29) is 64.0 Å². The number of amides is 3. The number of halogens is 2. The lowest BCUT2D eigenvalue weighted by Crippen LogP contribution is -2.37. The number of carbonyl (C=O) groups is 5. The number of rotatable bonds is 9. The van der Waals surface area contributed by atoms with E-state index in [1.54, 1.807) is 12.1 Å². The first-order valence-corrected chi connectivity index (χ1v) is 13.8. The molecule has 6 atom stereocenters. The quantitative estimate of drug-likeness (QED) is 0.254. The van der Waals surface area contributed by atoms with Gasteiger partial charge in [0.05, 0.1) is 30.4 Å². The van der Waals surface area contributed by atoms with Crippen LogP contribution in [0.2, 0.25) is 0 Å². The Balaban J connectivity index is 1.20. The van der Waals surface area contributed by atoms with Crippen molar-refractivity contribution in [1.82, 2.24) is 4.90 Å². The van der Waals surface area contributed by atoms with Crippen LogP contribution in [0.25, 0.3) is 0 Å². The van der Waals surface area contributed by atoms with Crippen molar-refractivity contribution in [2.24, 2.45) is 29.6 Å². The number of nitrogens with one attached hydrogen (secondary N) is 1. The number of alkyl halides is 2. The van der Waals surface area contributed by atoms with Gasteiger partial charge in [-0.15, -0.1) is 0 Å². The van der Waals surface area contributed by atoms with Gasteiger partial charge >= 0.3 is 11.9 Å². The second kappa shape index (κ2) is 11.0. The number of anilines is 1. The number of carbonyl (C=O) groups excluding carboxylic acids is 5. The summed E-state index contributed by atoms with van der Waals surface area (Å²) < 4.78 is 10.2. The molecule has 1 aromatic carbocycles. The molecule has 9 nitrogen and oxygen atoms in total. The van der Waals surface area contributed by atoms with E-state index in [0.29, 0.717) is 17.9 Å². The molecule has 11 heteroatoms. The Labute approximate surface area is 225 Å². The summed E-state index contributed by atoms with van der Waals surface area (Å²) in [6.07, 6.45) is 0.663. The van der Waals surface area contributed by atoms with Crippen LogP contribution < -0.4 is 5.32 Å². The van der Waals surface area contributed by atoms with Gasteiger partial charge in [-0.05, 0) is 48.4 Å². The minimum atomic E-state index is -0.675. The summed E-state index contributed by atoms with van der Waals surface area (Å²) in [5, 5.41) is 2.58. The predicted octanol–water partition coefficient (Wildman–Crippen LogP) is 3.15. The Morgan fingerprint density at radius 2 is 1.58 bits per heavy atom. The molecule has 2 saturated carbocycles. The molecule has 0 aromatic heterocycles. The molecule has 1 aromatic rings. The lowest BCUT2D eigenvalue weighted by Gasteiger charge is -2.28. The molecule has 2 aliphatic carbocycles. The highest BCUT2D eigenvalue weighted by Gasteiger charge is 2.66. The van der Waals surface area contributed by atoms with Crippen LogP contribution in [0.5, 0.6) is 0 Å². The second-order valence-electron chi connectivity index (χ2n) is 9.86. The van der Waals surface area contributed by atoms with Crippen molar-refractivity contribution >= 4 is 67.2 Å². The Bertz CT molecular complexity index is 1030. The van der Waals surface area contributed by atoms with Gasteiger partial charge in [0.1, 0.15) is 0 Å². The van der Waals surface area contributed by atoms with Gasteiger partial charge in [0, 0.05) is 21.9 Å². The average Bonchev–Trinajstić information content (AvgIpc) is 3.45. The van der Waals surface area contributed by atoms with Gasteiger partial charge in [0.25, 0.3) is 5.91 Å². The first kappa shape index (κ1) is 26.8. The second-order valence-corrected chi connectivity index (χ2v) is 12.0. The van der Waals surface area contributed by atoms with Crippen molar-refractivity contribution in [3.63, 3.8) is 0 Å². The van der Waals surface area contributed by atoms with Crippen LogP contribution in [-0.2, 0) is 28.7 Å². The SMILES string of the molecule is CC(C)COC(=O)c1ccc(NC(=O)COC(=O)CCN2C(=O)[C@@H]3[C@H]4C[C@@H]([C@H](Br)[C@H]4Br)[C@H]3C2=O)cc1. The van der Waals surface area contributed by atoms with E-state index in [0.717, 1.165) is 6.42 Å². The molecule has 0 unspecified atom stereocenters. The highest BCUT2D eigenvalue weighted by atomic mass is 79.9. The molecule has 4 rings (SSSR count). The monoisotopic (exact) mass is 626 g/mol. The minimum Gasteiger partial charge on any atom is -0.462 e. The summed E-state index contributed by atoms with van der Waals surface area (Å²) in [6, 6.07) is 6.17. The summed E-state index contributed by atoms with van der Waals surface area (Å²) >= 11 is 7.29. The molecule has 194 valence electrons. The number of ether oxygens (including phenoxy) is 2. The first-order valence-electron chi connectivity index (χ1n) is 11.9. The summed E-state index contributed by atoms with van der Waals surface area (Å²) in [5.41, 5.74) is 0.794. The number of hydrogen-bond donors (Lipinski definition) is 1. The number of nitrogens with zero attached hydrogens (tertiary/aromatic N) is 1. The maximum Gasteiger partial charge on any atom is 0.338 e. The fourth-order valence-electron chi connectivity index (χ4n) is 5.26. The molecule has 3 amide bonds. The van der Waals surface area contributed by atoms with Crippen molar-refractivity contribution < 1.29 is 33.4 Å². The van der Waals surface area contributed by atoms with Crippen LogP contribution >= 0.6 is 31.9 Å². The average molecular weight is 628 g/mol. The van der Waals surface area contributed by atoms with Crippen LogP contribution in [0.4, 0.5) is 5.69 Å². The van der Waals surface area contributed by atoms with Crippen LogP contribution in [-0.4, -0.2) is 64.0 Å². The molecule has 1 saturated heterocycles. The van der Waals surface area contributed by atoms with E-state index >= 15 is 0 Å². The highest BCUT2D eigenvalue weighted by molar-refractivity contribution is 9.12. The van der Waals surface area contributed by atoms with Gasteiger partial charge in [-0.2, -0.15) is 0 Å². The van der Waals surface area contributed by atoms with Gasteiger partial charge in [-0.3, -0.25) is 24.1 Å². The fraction of sp³-hybridized carbons (Fsp3) is 0.560. The number of likely N-dealkylation sites (tertiary alicyclic amines) is 1. The zero-order valence-corrected chi connectivity index (χ0v) is 23.1. The van der Waals surface area contributed by atoms with Crippen molar-refractivity contribution in [1.29, 1.82) is 0 Å². The summed E-state index contributed by atoms with van der Waals surface area (Å²) in [4.78, 5) is 63.5. The Morgan fingerprint density at radius 1 is 1.00 bits per heavy atom. The molecular weight excluding hydrogens is 600 g/mol. The van der Waals surface area contributed by atoms with E-state index in [9.17, 15) is 24.0 Å². The van der Waals surface area contributed by atoms with Crippen LogP contribution in [0.15, 0.2) is 24.3 Å². The normalized spacial score (nSPS) is 28.4. The Kier molecular flexibility index (Phi) is 8.18. The number of hydrogen-bond acceptors (Lipinski definition) is 7. The zero-order chi connectivity index (χ0) is 26.1. The van der Waals surface area contributed by atoms with Crippen molar-refractivity contribution in [3.8, 4) is 0 Å². The van der Waals surface area contributed by atoms with Gasteiger partial charge in [-0.1, -0.05) is 45.7 Å². The molecular formula is C25H28Br2N2O7. The van der Waals surface area contributed by atoms with Gasteiger partial charge < -0.3 is 14.8 Å². The van der Waals surface area contributed by atoms with E-state index < -0.39 is 24.5 Å². The Morgan fingerprint density at radius 3 is 2.14 bits per heavy atom. The third-order valence-corrected chi connectivity index (χ3v) is 10.1. The molecule has 3 fully saturated rings. The van der Waals surface area contributed by atoms with Gasteiger partial charge in [-0.25, -0.2) is 4.79 Å². The topological polar surface area (TPSA) is 119 Å². The van der Waals surface area contributed by atoms with Crippen molar-refractivity contribution in [2.45, 2.75) is 36.3 Å². The standard InChI is InChI=1S/C25H28Br2N2O7/c1-12(2)10-36-25(34)13-3-5-14(6-4-13)28-17(30)11-35-18(31)7-8-29-23(32)19-15-9-16(20(19)24(29)33)22(27)21(15)26/h3-6,12,15-16,19-22H,7-11H2,1-2H3,(H,28,30)/t15-,16-,19-,20-,21+,22+/m1/s1. The van der Waals surface area contributed by atoms with Crippen LogP contribution in [0, 0.1) is 29.6 Å². The zero-order valence-electron chi connectivity index (χ0n) is 19.9. The minimum absolute atomic E-state index is 0.0567. The molecule has 3 aliphatic rings. The van der Waals surface area contributed by atoms with E-state index in [2.05, 4.69) is 37.2 Å². The predicted molar refractivity (Wildman–Crippen MR) is 136 cm³/mol. The number of fused-ring (bicyclic) bond motifs is 5. The van der Waals surface area contributed by atoms with Crippen molar-refractivity contribution in [3.05, 3.63) is 29.8 Å². The summed E-state index contributed by atoms with van der Waals surface area (Å²) in [5.74, 6) is -2.31.